The quantitative estimate of drug-likeness (QED) is 0.149. The van der Waals surface area contributed by atoms with Crippen LogP contribution in [0.1, 0.15) is 31.9 Å². The molecule has 0 aromatic heterocycles. The molecule has 3 aromatic carbocycles. The van der Waals surface area contributed by atoms with E-state index in [1.807, 2.05) is 31.3 Å². The Labute approximate surface area is 221 Å². The van der Waals surface area contributed by atoms with Gasteiger partial charge in [-0.1, -0.05) is 36.4 Å². The second-order valence-corrected chi connectivity index (χ2v) is 11.2. The normalized spacial score (nSPS) is 15.4. The monoisotopic (exact) mass is 534 g/mol. The predicted molar refractivity (Wildman–Crippen MR) is 144 cm³/mol. The Kier molecular flexibility index (Phi) is 7.30. The molecule has 0 amide bonds. The number of rotatable bonds is 8. The molecule has 1 aliphatic heterocycles. The number of para-hydroxylation sites is 1. The van der Waals surface area contributed by atoms with Crippen LogP contribution in [0.4, 0.5) is 11.4 Å². The van der Waals surface area contributed by atoms with E-state index in [2.05, 4.69) is 29.2 Å². The van der Waals surface area contributed by atoms with E-state index in [0.29, 0.717) is 5.56 Å². The average Bonchev–Trinajstić information content (AvgIpc) is 3.08. The number of ether oxygens (including phenoxy) is 1. The highest BCUT2D eigenvalue weighted by Gasteiger charge is 2.42. The first-order valence-electron chi connectivity index (χ1n) is 11.9. The number of nitro groups is 1. The van der Waals surface area contributed by atoms with E-state index in [-0.39, 0.29) is 21.7 Å². The summed E-state index contributed by atoms with van der Waals surface area (Å²) in [4.78, 5) is 23.7. The minimum atomic E-state index is -3.98. The summed E-state index contributed by atoms with van der Waals surface area (Å²) in [5, 5.41) is 11.4. The minimum absolute atomic E-state index is 0.0000551. The molecule has 0 aliphatic carbocycles. The standard InChI is InChI=1S/C28H28N3O6S/c1-19(29-38(35,36)22-10-6-5-7-11-22)27(32)37-25-18-21(31(33)34)16-14-20(25)15-17-26-28(2,3)23-12-8-9-13-24(23)30(26)4/h5-19,29H,1-4H3/q+1/b17-15+. The van der Waals surface area contributed by atoms with Crippen molar-refractivity contribution in [3.63, 3.8) is 0 Å². The molecule has 1 aliphatic rings. The van der Waals surface area contributed by atoms with Crippen molar-refractivity contribution in [2.75, 3.05) is 7.05 Å². The van der Waals surface area contributed by atoms with Crippen LogP contribution in [0, 0.1) is 10.1 Å². The third kappa shape index (κ3) is 5.27. The van der Waals surface area contributed by atoms with E-state index in [9.17, 15) is 23.3 Å². The third-order valence-electron chi connectivity index (χ3n) is 6.52. The van der Waals surface area contributed by atoms with Crippen molar-refractivity contribution in [2.45, 2.75) is 37.1 Å². The van der Waals surface area contributed by atoms with Crippen LogP contribution < -0.4 is 9.46 Å². The fourth-order valence-electron chi connectivity index (χ4n) is 4.48. The number of nitrogens with one attached hydrogen (secondary N) is 1. The van der Waals surface area contributed by atoms with E-state index in [1.54, 1.807) is 24.3 Å². The molecule has 0 bridgehead atoms. The molecule has 1 heterocycles. The van der Waals surface area contributed by atoms with E-state index in [0.717, 1.165) is 23.0 Å². The molecule has 0 saturated carbocycles. The van der Waals surface area contributed by atoms with E-state index in [4.69, 9.17) is 4.74 Å². The van der Waals surface area contributed by atoms with Gasteiger partial charge in [-0.25, -0.2) is 13.2 Å². The highest BCUT2D eigenvalue weighted by molar-refractivity contribution is 7.89. The lowest BCUT2D eigenvalue weighted by Gasteiger charge is -2.16. The number of sulfonamides is 1. The summed E-state index contributed by atoms with van der Waals surface area (Å²) in [6.07, 6.45) is 3.62. The van der Waals surface area contributed by atoms with Crippen molar-refractivity contribution in [3.8, 4) is 5.75 Å². The van der Waals surface area contributed by atoms with Crippen molar-refractivity contribution < 1.29 is 27.4 Å². The molecule has 38 heavy (non-hydrogen) atoms. The fraction of sp³-hybridized carbons (Fsp3) is 0.214. The van der Waals surface area contributed by atoms with Gasteiger partial charge in [0.25, 0.3) is 5.69 Å². The highest BCUT2D eigenvalue weighted by Crippen LogP contribution is 2.39. The molecule has 3 aromatic rings. The number of hydrogen-bond donors (Lipinski definition) is 1. The van der Waals surface area contributed by atoms with Gasteiger partial charge in [-0.3, -0.25) is 10.1 Å². The Morgan fingerprint density at radius 2 is 1.71 bits per heavy atom. The van der Waals surface area contributed by atoms with Crippen LogP contribution in [-0.4, -0.2) is 42.7 Å². The van der Waals surface area contributed by atoms with Gasteiger partial charge in [0.15, 0.2) is 5.71 Å². The summed E-state index contributed by atoms with van der Waals surface area (Å²) in [5.41, 5.74) is 3.09. The van der Waals surface area contributed by atoms with E-state index in [1.165, 1.54) is 31.2 Å². The smallest absolute Gasteiger partial charge is 0.329 e. The number of esters is 1. The van der Waals surface area contributed by atoms with Crippen LogP contribution in [0.2, 0.25) is 0 Å². The summed E-state index contributed by atoms with van der Waals surface area (Å²) in [6, 6.07) is 18.4. The molecule has 4 rings (SSSR count). The van der Waals surface area contributed by atoms with Gasteiger partial charge in [0.2, 0.25) is 15.7 Å². The topological polar surface area (TPSA) is 119 Å². The number of hydrogen-bond acceptors (Lipinski definition) is 6. The maximum atomic E-state index is 12.9. The van der Waals surface area contributed by atoms with Crippen molar-refractivity contribution in [2.24, 2.45) is 0 Å². The summed E-state index contributed by atoms with van der Waals surface area (Å²) >= 11 is 0. The summed E-state index contributed by atoms with van der Waals surface area (Å²) < 4.78 is 35.1. The molecule has 1 N–H and O–H groups in total. The molecule has 1 atom stereocenters. The predicted octanol–water partition coefficient (Wildman–Crippen LogP) is 4.59. The second-order valence-electron chi connectivity index (χ2n) is 9.48. The summed E-state index contributed by atoms with van der Waals surface area (Å²) in [7, 11) is -2.01. The number of allylic oxidation sites excluding steroid dienone is 1. The maximum Gasteiger partial charge on any atom is 0.329 e. The van der Waals surface area contributed by atoms with Crippen molar-refractivity contribution in [1.82, 2.24) is 4.72 Å². The highest BCUT2D eigenvalue weighted by atomic mass is 32.2. The van der Waals surface area contributed by atoms with Gasteiger partial charge in [-0.15, -0.1) is 0 Å². The Balaban J connectivity index is 1.62. The average molecular weight is 535 g/mol. The number of carbonyl (C=O) groups excluding carboxylic acids is 1. The number of fused-ring (bicyclic) bond motifs is 1. The zero-order chi connectivity index (χ0) is 27.7. The Bertz CT molecular complexity index is 1580. The zero-order valence-corrected chi connectivity index (χ0v) is 22.2. The van der Waals surface area contributed by atoms with Gasteiger partial charge in [0.1, 0.15) is 18.8 Å². The van der Waals surface area contributed by atoms with Gasteiger partial charge in [-0.2, -0.15) is 9.30 Å². The number of nitro benzene ring substituents is 1. The Morgan fingerprint density at radius 3 is 2.37 bits per heavy atom. The molecule has 196 valence electrons. The van der Waals surface area contributed by atoms with Crippen molar-refractivity contribution in [3.05, 3.63) is 100 Å². The first kappa shape index (κ1) is 26.9. The maximum absolute atomic E-state index is 12.9. The van der Waals surface area contributed by atoms with Crippen LogP contribution in [0.5, 0.6) is 5.75 Å². The summed E-state index contributed by atoms with van der Waals surface area (Å²) in [6.45, 7) is 5.55. The molecule has 9 nitrogen and oxygen atoms in total. The van der Waals surface area contributed by atoms with Crippen LogP contribution in [-0.2, 0) is 20.2 Å². The largest absolute Gasteiger partial charge is 0.424 e. The molecule has 0 radical (unpaired) electrons. The molecule has 0 spiro atoms. The molecule has 0 fully saturated rings. The van der Waals surface area contributed by atoms with Gasteiger partial charge in [-0.05, 0) is 45.0 Å². The van der Waals surface area contributed by atoms with Gasteiger partial charge < -0.3 is 4.74 Å². The van der Waals surface area contributed by atoms with Crippen molar-refractivity contribution in [1.29, 1.82) is 0 Å². The van der Waals surface area contributed by atoms with Gasteiger partial charge in [0, 0.05) is 29.3 Å². The van der Waals surface area contributed by atoms with Gasteiger partial charge in [0.05, 0.1) is 21.3 Å². The van der Waals surface area contributed by atoms with Crippen LogP contribution in [0.3, 0.4) is 0 Å². The second kappa shape index (κ2) is 10.3. The SMILES string of the molecule is CC(NS(=O)(=O)c1ccccc1)C(=O)Oc1cc([N+](=O)[O-])ccc1/C=C/C1=[N+](C)c2ccccc2C1(C)C. The minimum Gasteiger partial charge on any atom is -0.424 e. The molecular formula is C28H28N3O6S+. The molecular weight excluding hydrogens is 506 g/mol. The first-order chi connectivity index (χ1) is 17.9. The lowest BCUT2D eigenvalue weighted by molar-refractivity contribution is -0.401. The van der Waals surface area contributed by atoms with Gasteiger partial charge >= 0.3 is 5.97 Å². The third-order valence-corrected chi connectivity index (χ3v) is 8.08. The Hall–Kier alpha value is -4.15. The Morgan fingerprint density at radius 1 is 1.05 bits per heavy atom. The van der Waals surface area contributed by atoms with E-state index >= 15 is 0 Å². The van der Waals surface area contributed by atoms with Crippen LogP contribution in [0.25, 0.3) is 6.08 Å². The van der Waals surface area contributed by atoms with Crippen LogP contribution >= 0.6 is 0 Å². The number of nitrogens with zero attached hydrogens (tertiary/aromatic N) is 2. The molecule has 0 saturated heterocycles. The number of carbonyl (C=O) groups is 1. The molecule has 10 heteroatoms. The van der Waals surface area contributed by atoms with Crippen LogP contribution in [0.15, 0.2) is 83.8 Å². The number of benzene rings is 3. The van der Waals surface area contributed by atoms with Crippen molar-refractivity contribution >= 4 is 39.2 Å². The van der Waals surface area contributed by atoms with E-state index < -0.39 is 27.0 Å². The lowest BCUT2D eigenvalue weighted by Crippen LogP contribution is -2.40. The summed E-state index contributed by atoms with van der Waals surface area (Å²) in [5.74, 6) is -0.958. The lowest BCUT2D eigenvalue weighted by atomic mass is 9.81. The number of non-ortho nitro benzene ring substituents is 1. The first-order valence-corrected chi connectivity index (χ1v) is 13.4. The molecule has 1 unspecified atom stereocenters. The zero-order valence-electron chi connectivity index (χ0n) is 21.4. The fourth-order valence-corrected chi connectivity index (χ4v) is 5.69.